The summed E-state index contributed by atoms with van der Waals surface area (Å²) in [6.07, 6.45) is 7.79. The van der Waals surface area contributed by atoms with Gasteiger partial charge in [-0.1, -0.05) is 6.07 Å². The van der Waals surface area contributed by atoms with Gasteiger partial charge in [0.05, 0.1) is 16.4 Å². The summed E-state index contributed by atoms with van der Waals surface area (Å²) >= 11 is 0. The summed E-state index contributed by atoms with van der Waals surface area (Å²) < 4.78 is 51.7. The van der Waals surface area contributed by atoms with Crippen LogP contribution in [0.5, 0.6) is 0 Å². The van der Waals surface area contributed by atoms with E-state index >= 15 is 0 Å². The van der Waals surface area contributed by atoms with Crippen molar-refractivity contribution in [3.8, 4) is 0 Å². The van der Waals surface area contributed by atoms with Crippen LogP contribution >= 0.6 is 0 Å². The fraction of sp³-hybridized carbons (Fsp3) is 0.500. The van der Waals surface area contributed by atoms with E-state index in [9.17, 15) is 21.6 Å². The molecule has 1 N–H and O–H groups in total. The number of carbonyl (C=O) groups is 1. The summed E-state index contributed by atoms with van der Waals surface area (Å²) in [6, 6.07) is 11.7. The number of anilines is 2. The Kier molecular flexibility index (Phi) is 5.60. The lowest BCUT2D eigenvalue weighted by Crippen LogP contribution is -2.40. The number of sulfonamides is 1. The van der Waals surface area contributed by atoms with E-state index in [0.29, 0.717) is 23.2 Å². The summed E-state index contributed by atoms with van der Waals surface area (Å²) in [7, 11) is -6.94. The van der Waals surface area contributed by atoms with Gasteiger partial charge in [0, 0.05) is 28.9 Å². The molecule has 0 atom stereocenters. The van der Waals surface area contributed by atoms with Crippen LogP contribution in [-0.4, -0.2) is 40.8 Å². The van der Waals surface area contributed by atoms with Crippen molar-refractivity contribution in [1.82, 2.24) is 0 Å². The van der Waals surface area contributed by atoms with Gasteiger partial charge in [0.25, 0.3) is 5.91 Å². The quantitative estimate of drug-likeness (QED) is 0.631. The van der Waals surface area contributed by atoms with Gasteiger partial charge in [-0.3, -0.25) is 9.52 Å². The molecule has 0 saturated heterocycles. The van der Waals surface area contributed by atoms with Gasteiger partial charge >= 0.3 is 0 Å². The van der Waals surface area contributed by atoms with Gasteiger partial charge in [-0.25, -0.2) is 16.8 Å². The predicted octanol–water partition coefficient (Wildman–Crippen LogP) is 4.49. The van der Waals surface area contributed by atoms with E-state index in [1.54, 1.807) is 36.9 Å². The van der Waals surface area contributed by atoms with E-state index < -0.39 is 25.1 Å². The number of nitrogens with zero attached hydrogens (tertiary/aromatic N) is 1. The zero-order chi connectivity index (χ0) is 25.2. The number of nitrogens with one attached hydrogen (secondary N) is 1. The van der Waals surface area contributed by atoms with Crippen LogP contribution in [-0.2, 0) is 25.3 Å². The summed E-state index contributed by atoms with van der Waals surface area (Å²) in [5, 5.41) is -0.582. The Morgan fingerprint density at radius 3 is 2.20 bits per heavy atom. The van der Waals surface area contributed by atoms with E-state index in [2.05, 4.69) is 4.72 Å². The first-order chi connectivity index (χ1) is 16.3. The monoisotopic (exact) mass is 516 g/mol. The molecule has 1 aliphatic heterocycles. The zero-order valence-corrected chi connectivity index (χ0v) is 22.0. The van der Waals surface area contributed by atoms with Crippen molar-refractivity contribution in [2.75, 3.05) is 22.4 Å². The minimum atomic E-state index is -3.51. The third-order valence-corrected chi connectivity index (χ3v) is 10.9. The van der Waals surface area contributed by atoms with E-state index in [1.165, 1.54) is 25.0 Å². The molecule has 0 unspecified atom stereocenters. The normalized spacial score (nSPS) is 20.3. The topological polar surface area (TPSA) is 101 Å². The molecule has 2 aromatic carbocycles. The summed E-state index contributed by atoms with van der Waals surface area (Å²) in [4.78, 5) is 15.7. The number of carbonyl (C=O) groups excluding carboxylic acids is 1. The van der Waals surface area contributed by atoms with Gasteiger partial charge in [0.15, 0.2) is 9.84 Å². The second-order valence-electron chi connectivity index (χ2n) is 10.9. The molecule has 3 aliphatic rings. The molecule has 1 heterocycles. The number of rotatable bonds is 5. The maximum atomic E-state index is 13.8. The first kappa shape index (κ1) is 24.3. The van der Waals surface area contributed by atoms with Crippen LogP contribution in [0.1, 0.15) is 68.3 Å². The van der Waals surface area contributed by atoms with Crippen LogP contribution in [0, 0.1) is 5.41 Å². The first-order valence-corrected chi connectivity index (χ1v) is 15.6. The number of hydrogen-bond donors (Lipinski definition) is 1. The average Bonchev–Trinajstić information content (AvgIpc) is 3.50. The van der Waals surface area contributed by atoms with Crippen LogP contribution < -0.4 is 9.62 Å². The number of hydrogen-bond acceptors (Lipinski definition) is 5. The number of sulfone groups is 1. The minimum Gasteiger partial charge on any atom is -0.307 e. The van der Waals surface area contributed by atoms with Crippen LogP contribution in [0.15, 0.2) is 47.4 Å². The smallest absolute Gasteiger partial charge is 0.258 e. The molecule has 9 heteroatoms. The van der Waals surface area contributed by atoms with Crippen molar-refractivity contribution in [3.05, 3.63) is 53.6 Å². The van der Waals surface area contributed by atoms with Crippen molar-refractivity contribution in [1.29, 1.82) is 0 Å². The van der Waals surface area contributed by atoms with E-state index in [4.69, 9.17) is 0 Å². The highest BCUT2D eigenvalue weighted by Crippen LogP contribution is 2.62. The van der Waals surface area contributed by atoms with E-state index in [-0.39, 0.29) is 16.2 Å². The Morgan fingerprint density at radius 2 is 1.60 bits per heavy atom. The molecule has 0 bridgehead atoms. The molecular formula is C26H32N2O5S2. The molecular weight excluding hydrogens is 484 g/mol. The molecule has 35 heavy (non-hydrogen) atoms. The molecule has 2 fully saturated rings. The molecule has 5 rings (SSSR count). The minimum absolute atomic E-state index is 0.147. The lowest BCUT2D eigenvalue weighted by Gasteiger charge is -2.38. The molecule has 2 spiro atoms. The van der Waals surface area contributed by atoms with Gasteiger partial charge in [-0.15, -0.1) is 0 Å². The highest BCUT2D eigenvalue weighted by molar-refractivity contribution is 7.92. The van der Waals surface area contributed by atoms with Crippen molar-refractivity contribution in [2.45, 2.75) is 67.9 Å². The molecule has 2 aliphatic carbocycles. The Labute approximate surface area is 207 Å². The van der Waals surface area contributed by atoms with Gasteiger partial charge in [-0.05, 0) is 99.7 Å². The van der Waals surface area contributed by atoms with E-state index in [0.717, 1.165) is 43.2 Å². The number of amides is 1. The zero-order valence-electron chi connectivity index (χ0n) is 20.4. The SMILES string of the molecule is CC(C)S(=O)(=O)c1cccc(C(=O)N2CC3(CCC4(CC4)CC3)c3cc(NS(C)(=O)=O)ccc32)c1. The highest BCUT2D eigenvalue weighted by Gasteiger charge is 2.53. The van der Waals surface area contributed by atoms with Crippen molar-refractivity contribution < 1.29 is 21.6 Å². The fourth-order valence-electron chi connectivity index (χ4n) is 5.73. The molecule has 2 aromatic rings. The van der Waals surface area contributed by atoms with Crippen LogP contribution in [0.3, 0.4) is 0 Å². The van der Waals surface area contributed by atoms with Crippen molar-refractivity contribution >= 4 is 37.1 Å². The average molecular weight is 517 g/mol. The molecule has 1 amide bonds. The third-order valence-electron chi connectivity index (χ3n) is 8.12. The summed E-state index contributed by atoms with van der Waals surface area (Å²) in [5.41, 5.74) is 2.85. The maximum Gasteiger partial charge on any atom is 0.258 e. The summed E-state index contributed by atoms with van der Waals surface area (Å²) in [5.74, 6) is -0.237. The summed E-state index contributed by atoms with van der Waals surface area (Å²) in [6.45, 7) is 3.77. The van der Waals surface area contributed by atoms with Gasteiger partial charge in [0.1, 0.15) is 0 Å². The van der Waals surface area contributed by atoms with Gasteiger partial charge in [-0.2, -0.15) is 0 Å². The van der Waals surface area contributed by atoms with Crippen molar-refractivity contribution in [2.24, 2.45) is 5.41 Å². The van der Waals surface area contributed by atoms with Crippen molar-refractivity contribution in [3.63, 3.8) is 0 Å². The van der Waals surface area contributed by atoms with Gasteiger partial charge in [0.2, 0.25) is 10.0 Å². The largest absolute Gasteiger partial charge is 0.307 e. The van der Waals surface area contributed by atoms with Crippen LogP contribution in [0.4, 0.5) is 11.4 Å². The maximum absolute atomic E-state index is 13.8. The number of benzene rings is 2. The second-order valence-corrected chi connectivity index (χ2v) is 15.2. The van der Waals surface area contributed by atoms with Gasteiger partial charge < -0.3 is 4.90 Å². The van der Waals surface area contributed by atoms with Crippen LogP contribution in [0.2, 0.25) is 0 Å². The lowest BCUT2D eigenvalue weighted by molar-refractivity contribution is 0.0980. The third kappa shape index (κ3) is 4.37. The fourth-order valence-corrected chi connectivity index (χ4v) is 7.38. The molecule has 0 aromatic heterocycles. The van der Waals surface area contributed by atoms with Crippen LogP contribution in [0.25, 0.3) is 0 Å². The molecule has 188 valence electrons. The van der Waals surface area contributed by atoms with E-state index in [1.807, 2.05) is 12.1 Å². The Bertz CT molecular complexity index is 1400. The Balaban J connectivity index is 1.53. The Hall–Kier alpha value is -2.39. The number of fused-ring (bicyclic) bond motifs is 2. The highest BCUT2D eigenvalue weighted by atomic mass is 32.2. The first-order valence-electron chi connectivity index (χ1n) is 12.1. The second kappa shape index (κ2) is 8.06. The molecule has 0 radical (unpaired) electrons. The predicted molar refractivity (Wildman–Crippen MR) is 137 cm³/mol. The lowest BCUT2D eigenvalue weighted by atomic mass is 9.66. The standard InChI is InChI=1S/C26H32N2O5S2/c1-18(2)35(32,33)21-6-4-5-19(15-21)24(29)28-17-26(13-11-25(9-10-25)12-14-26)22-16-20(7-8-23(22)28)27-34(3,30)31/h4-8,15-16,18,27H,9-14,17H2,1-3H3. The molecule has 2 saturated carbocycles. The molecule has 7 nitrogen and oxygen atoms in total. The Morgan fingerprint density at radius 1 is 0.943 bits per heavy atom.